The van der Waals surface area contributed by atoms with Crippen molar-refractivity contribution in [2.75, 3.05) is 27.3 Å². The van der Waals surface area contributed by atoms with Crippen molar-refractivity contribution in [2.45, 2.75) is 12.3 Å². The predicted octanol–water partition coefficient (Wildman–Crippen LogP) is 2.59. The van der Waals surface area contributed by atoms with Gasteiger partial charge in [0.1, 0.15) is 0 Å². The van der Waals surface area contributed by atoms with Gasteiger partial charge >= 0.3 is 0 Å². The summed E-state index contributed by atoms with van der Waals surface area (Å²) < 4.78 is 38.8. The zero-order valence-electron chi connectivity index (χ0n) is 14.8. The van der Waals surface area contributed by atoms with Crippen molar-refractivity contribution in [2.24, 2.45) is 12.5 Å². The molecule has 1 aliphatic heterocycles. The van der Waals surface area contributed by atoms with E-state index in [9.17, 15) is 13.6 Å². The number of ether oxygens (including phenoxy) is 2. The van der Waals surface area contributed by atoms with Crippen LogP contribution in [0.15, 0.2) is 24.3 Å². The van der Waals surface area contributed by atoms with Gasteiger partial charge in [-0.15, -0.1) is 0 Å². The van der Waals surface area contributed by atoms with Gasteiger partial charge in [-0.25, -0.2) is 8.78 Å². The number of aryl methyl sites for hydroxylation is 1. The lowest BCUT2D eigenvalue weighted by molar-refractivity contribution is -0.0155. The molecule has 1 spiro atoms. The Morgan fingerprint density at radius 3 is 2.38 bits per heavy atom. The van der Waals surface area contributed by atoms with Gasteiger partial charge in [0.05, 0.1) is 25.3 Å². The van der Waals surface area contributed by atoms with Gasteiger partial charge in [0, 0.05) is 32.1 Å². The second kappa shape index (κ2) is 5.43. The lowest BCUT2D eigenvalue weighted by Crippen LogP contribution is -2.54. The Morgan fingerprint density at radius 1 is 1.15 bits per heavy atom. The molecule has 0 N–H and O–H groups in total. The van der Waals surface area contributed by atoms with Crippen molar-refractivity contribution in [3.8, 4) is 22.8 Å². The van der Waals surface area contributed by atoms with E-state index >= 15 is 0 Å². The first-order valence-electron chi connectivity index (χ1n) is 8.24. The highest BCUT2D eigenvalue weighted by atomic mass is 19.3. The fraction of sp³-hybridized carbons (Fsp3) is 0.444. The Bertz CT molecular complexity index is 888. The normalized spacial score (nSPS) is 19.2. The van der Waals surface area contributed by atoms with Crippen LogP contribution in [0.3, 0.4) is 0 Å². The van der Waals surface area contributed by atoms with Crippen LogP contribution in [0.4, 0.5) is 8.78 Å². The van der Waals surface area contributed by atoms with Crippen molar-refractivity contribution in [1.29, 1.82) is 0 Å². The van der Waals surface area contributed by atoms with Gasteiger partial charge in [0.2, 0.25) is 0 Å². The van der Waals surface area contributed by atoms with Crippen LogP contribution in [-0.4, -0.2) is 53.8 Å². The first-order valence-corrected chi connectivity index (χ1v) is 8.24. The van der Waals surface area contributed by atoms with E-state index in [0.717, 1.165) is 11.3 Å². The number of carbonyl (C=O) groups excluding carboxylic acids is 1. The van der Waals surface area contributed by atoms with Crippen molar-refractivity contribution in [3.05, 3.63) is 30.0 Å². The lowest BCUT2D eigenvalue weighted by Gasteiger charge is -2.39. The molecule has 1 saturated heterocycles. The molecule has 6 nitrogen and oxygen atoms in total. The molecular formula is C18H19F2N3O3. The van der Waals surface area contributed by atoms with Gasteiger partial charge in [0.15, 0.2) is 17.2 Å². The predicted molar refractivity (Wildman–Crippen MR) is 89.6 cm³/mol. The zero-order chi connectivity index (χ0) is 18.7. The van der Waals surface area contributed by atoms with Crippen LogP contribution in [-0.2, 0) is 7.05 Å². The quantitative estimate of drug-likeness (QED) is 0.838. The number of nitrogens with zero attached hydrogens (tertiary/aromatic N) is 3. The average molecular weight is 363 g/mol. The van der Waals surface area contributed by atoms with Crippen molar-refractivity contribution in [3.63, 3.8) is 0 Å². The molecule has 4 rings (SSSR count). The molecule has 1 aliphatic carbocycles. The van der Waals surface area contributed by atoms with Crippen LogP contribution < -0.4 is 9.47 Å². The molecule has 0 bridgehead atoms. The molecule has 26 heavy (non-hydrogen) atoms. The molecule has 138 valence electrons. The molecule has 2 heterocycles. The minimum atomic E-state index is -2.63. The minimum absolute atomic E-state index is 0.0983. The van der Waals surface area contributed by atoms with Gasteiger partial charge in [-0.3, -0.25) is 9.48 Å². The first kappa shape index (κ1) is 16.8. The standard InChI is InChI=1S/C18H19F2N3O3/c1-22-13(11-4-5-14(25-2)15(6-11)26-3)7-12(21-22)16(24)23-9-17(10-23)8-18(17,19)20/h4-7H,8-10H2,1-3H3. The summed E-state index contributed by atoms with van der Waals surface area (Å²) in [5, 5.41) is 4.26. The van der Waals surface area contributed by atoms with Crippen LogP contribution >= 0.6 is 0 Å². The van der Waals surface area contributed by atoms with E-state index in [1.54, 1.807) is 44.1 Å². The fourth-order valence-electron chi connectivity index (χ4n) is 3.55. The summed E-state index contributed by atoms with van der Waals surface area (Å²) in [5.74, 6) is -1.77. The number of alkyl halides is 2. The van der Waals surface area contributed by atoms with Crippen LogP contribution in [0.1, 0.15) is 16.9 Å². The number of carbonyl (C=O) groups is 1. The third-order valence-corrected chi connectivity index (χ3v) is 5.26. The van der Waals surface area contributed by atoms with Gasteiger partial charge in [-0.1, -0.05) is 0 Å². The summed E-state index contributed by atoms with van der Waals surface area (Å²) in [6.45, 7) is 0.197. The zero-order valence-corrected chi connectivity index (χ0v) is 14.8. The minimum Gasteiger partial charge on any atom is -0.493 e. The number of halogens is 2. The average Bonchev–Trinajstić information content (AvgIpc) is 2.97. The van der Waals surface area contributed by atoms with E-state index in [2.05, 4.69) is 5.10 Å². The summed E-state index contributed by atoms with van der Waals surface area (Å²) in [6.07, 6.45) is -0.122. The van der Waals surface area contributed by atoms with E-state index in [1.807, 2.05) is 6.07 Å². The molecule has 2 aromatic rings. The Hall–Kier alpha value is -2.64. The van der Waals surface area contributed by atoms with E-state index in [1.165, 1.54) is 4.90 Å². The van der Waals surface area contributed by atoms with E-state index in [4.69, 9.17) is 9.47 Å². The van der Waals surface area contributed by atoms with E-state index in [0.29, 0.717) is 11.5 Å². The largest absolute Gasteiger partial charge is 0.493 e. The smallest absolute Gasteiger partial charge is 0.274 e. The summed E-state index contributed by atoms with van der Waals surface area (Å²) in [5.41, 5.74) is 0.798. The molecule has 2 fully saturated rings. The number of rotatable bonds is 4. The number of hydrogen-bond acceptors (Lipinski definition) is 4. The third kappa shape index (κ3) is 2.35. The maximum absolute atomic E-state index is 13.3. The molecule has 8 heteroatoms. The summed E-state index contributed by atoms with van der Waals surface area (Å²) in [6, 6.07) is 7.08. The molecule has 1 aromatic carbocycles. The first-order chi connectivity index (χ1) is 12.3. The number of aromatic nitrogens is 2. The number of amides is 1. The molecule has 0 unspecified atom stereocenters. The Balaban J connectivity index is 1.56. The molecule has 1 aromatic heterocycles. The van der Waals surface area contributed by atoms with Crippen molar-refractivity contribution >= 4 is 5.91 Å². The fourth-order valence-corrected chi connectivity index (χ4v) is 3.55. The Labute approximate surface area is 149 Å². The molecule has 1 amide bonds. The van der Waals surface area contributed by atoms with Crippen molar-refractivity contribution in [1.82, 2.24) is 14.7 Å². The highest BCUT2D eigenvalue weighted by Crippen LogP contribution is 2.65. The van der Waals surface area contributed by atoms with Crippen LogP contribution in [0, 0.1) is 5.41 Å². The highest BCUT2D eigenvalue weighted by molar-refractivity contribution is 5.94. The lowest BCUT2D eigenvalue weighted by atomic mass is 9.95. The second-order valence-corrected chi connectivity index (χ2v) is 6.93. The van der Waals surface area contributed by atoms with Crippen LogP contribution in [0.2, 0.25) is 0 Å². The van der Waals surface area contributed by atoms with Gasteiger partial charge in [-0.2, -0.15) is 5.10 Å². The number of hydrogen-bond donors (Lipinski definition) is 0. The monoisotopic (exact) mass is 363 g/mol. The Kier molecular flexibility index (Phi) is 3.51. The SMILES string of the molecule is COc1ccc(-c2cc(C(=O)N3CC4(C3)CC4(F)F)nn2C)cc1OC. The molecule has 2 aliphatic rings. The molecule has 0 radical (unpaired) electrons. The third-order valence-electron chi connectivity index (χ3n) is 5.26. The van der Waals surface area contributed by atoms with Gasteiger partial charge in [-0.05, 0) is 24.3 Å². The Morgan fingerprint density at radius 2 is 1.81 bits per heavy atom. The van der Waals surface area contributed by atoms with Crippen molar-refractivity contribution < 1.29 is 23.0 Å². The summed E-state index contributed by atoms with van der Waals surface area (Å²) in [7, 11) is 4.84. The van der Waals surface area contributed by atoms with E-state index in [-0.39, 0.29) is 31.1 Å². The number of benzene rings is 1. The molecule has 1 saturated carbocycles. The number of methoxy groups -OCH3 is 2. The van der Waals surface area contributed by atoms with Gasteiger partial charge in [0.25, 0.3) is 11.8 Å². The maximum Gasteiger partial charge on any atom is 0.274 e. The van der Waals surface area contributed by atoms with E-state index < -0.39 is 11.3 Å². The topological polar surface area (TPSA) is 56.6 Å². The number of likely N-dealkylation sites (tertiary alicyclic amines) is 1. The highest BCUT2D eigenvalue weighted by Gasteiger charge is 2.76. The maximum atomic E-state index is 13.3. The van der Waals surface area contributed by atoms with Gasteiger partial charge < -0.3 is 14.4 Å². The molecule has 0 atom stereocenters. The van der Waals surface area contributed by atoms with Crippen LogP contribution in [0.5, 0.6) is 11.5 Å². The summed E-state index contributed by atoms with van der Waals surface area (Å²) in [4.78, 5) is 14.0. The van der Waals surface area contributed by atoms with Crippen LogP contribution in [0.25, 0.3) is 11.3 Å². The second-order valence-electron chi connectivity index (χ2n) is 6.93. The molecular weight excluding hydrogens is 344 g/mol. The summed E-state index contributed by atoms with van der Waals surface area (Å²) >= 11 is 0.